The lowest BCUT2D eigenvalue weighted by Gasteiger charge is -2.20. The highest BCUT2D eigenvalue weighted by molar-refractivity contribution is 8.15. The molecule has 0 aromatic heterocycles. The smallest absolute Gasteiger partial charge is 0.321 e. The number of carbonyl (C=O) groups is 3. The molecule has 0 radical (unpaired) electrons. The molecule has 8 nitrogen and oxygen atoms in total. The molecule has 0 saturated carbocycles. The molecule has 3 rings (SSSR count). The van der Waals surface area contributed by atoms with Gasteiger partial charge in [0.15, 0.2) is 5.17 Å². The van der Waals surface area contributed by atoms with Crippen LogP contribution in [-0.2, 0) is 9.59 Å². The number of methoxy groups -OCH3 is 1. The maximum Gasteiger partial charge on any atom is 0.321 e. The molecule has 4 amide bonds. The maximum atomic E-state index is 13.4. The lowest BCUT2D eigenvalue weighted by molar-refractivity contribution is -0.119. The first-order valence-corrected chi connectivity index (χ1v) is 11.7. The average Bonchev–Trinajstić information content (AvgIpc) is 3.13. The number of ether oxygens (including phenoxy) is 1. The lowest BCUT2D eigenvalue weighted by Crippen LogP contribution is -2.42. The molecule has 0 aliphatic carbocycles. The molecule has 2 aromatic carbocycles. The highest BCUT2D eigenvalue weighted by Gasteiger charge is 2.34. The van der Waals surface area contributed by atoms with Gasteiger partial charge in [0.05, 0.1) is 18.0 Å². The predicted octanol–water partition coefficient (Wildman–Crippen LogP) is 4.14. The standard InChI is InChI=1S/C25H28N4O4S/c1-15(2)18-11-9-17(10-12-18)13-21-23(31)29(19-7-6-8-20(14-19)33-5)25(27-21)34-16(3)22(30)28-24(32)26-4/h6-16H,1-5H3,(H2,26,28,30,32)/b21-13-/t16-/m0/s1. The van der Waals surface area contributed by atoms with Crippen molar-refractivity contribution in [2.75, 3.05) is 19.1 Å². The molecule has 2 aromatic rings. The zero-order valence-corrected chi connectivity index (χ0v) is 20.6. The van der Waals surface area contributed by atoms with Crippen LogP contribution in [0.1, 0.15) is 37.8 Å². The molecule has 34 heavy (non-hydrogen) atoms. The van der Waals surface area contributed by atoms with Gasteiger partial charge in [-0.2, -0.15) is 0 Å². The van der Waals surface area contributed by atoms with Crippen molar-refractivity contribution in [2.45, 2.75) is 31.9 Å². The predicted molar refractivity (Wildman–Crippen MR) is 136 cm³/mol. The number of amidine groups is 1. The SMILES string of the molecule is CNC(=O)NC(=O)[C@H](C)SC1=N/C(=C\c2ccc(C(C)C)cc2)C(=O)N1c1cccc(OC)c1. The van der Waals surface area contributed by atoms with Gasteiger partial charge in [-0.05, 0) is 42.2 Å². The van der Waals surface area contributed by atoms with Crippen LogP contribution in [0.4, 0.5) is 10.5 Å². The lowest BCUT2D eigenvalue weighted by atomic mass is 10.0. The summed E-state index contributed by atoms with van der Waals surface area (Å²) < 4.78 is 5.31. The van der Waals surface area contributed by atoms with E-state index in [0.29, 0.717) is 22.5 Å². The number of thioether (sulfide) groups is 1. The summed E-state index contributed by atoms with van der Waals surface area (Å²) in [5, 5.41) is 4.25. The van der Waals surface area contributed by atoms with Gasteiger partial charge in [-0.3, -0.25) is 19.8 Å². The van der Waals surface area contributed by atoms with Crippen LogP contribution in [0.5, 0.6) is 5.75 Å². The fourth-order valence-corrected chi connectivity index (χ4v) is 4.10. The Balaban J connectivity index is 1.95. The Morgan fingerprint density at radius 3 is 2.44 bits per heavy atom. The van der Waals surface area contributed by atoms with Crippen LogP contribution in [0.2, 0.25) is 0 Å². The highest BCUT2D eigenvalue weighted by atomic mass is 32.2. The highest BCUT2D eigenvalue weighted by Crippen LogP contribution is 2.33. The first-order valence-electron chi connectivity index (χ1n) is 10.8. The Hall–Kier alpha value is -3.59. The van der Waals surface area contributed by atoms with Crippen molar-refractivity contribution < 1.29 is 19.1 Å². The van der Waals surface area contributed by atoms with Crippen molar-refractivity contribution in [1.29, 1.82) is 0 Å². The second-order valence-corrected chi connectivity index (χ2v) is 9.22. The van der Waals surface area contributed by atoms with Crippen LogP contribution >= 0.6 is 11.8 Å². The Bertz CT molecular complexity index is 1140. The average molecular weight is 481 g/mol. The summed E-state index contributed by atoms with van der Waals surface area (Å²) in [6.07, 6.45) is 1.72. The number of rotatable bonds is 6. The van der Waals surface area contributed by atoms with Crippen LogP contribution in [0.15, 0.2) is 59.2 Å². The number of nitrogens with zero attached hydrogens (tertiary/aromatic N) is 2. The van der Waals surface area contributed by atoms with E-state index in [1.165, 1.54) is 17.5 Å². The Morgan fingerprint density at radius 1 is 1.12 bits per heavy atom. The van der Waals surface area contributed by atoms with E-state index in [2.05, 4.69) is 29.5 Å². The monoisotopic (exact) mass is 480 g/mol. The van der Waals surface area contributed by atoms with E-state index in [1.54, 1.807) is 44.4 Å². The van der Waals surface area contributed by atoms with Crippen LogP contribution in [0.25, 0.3) is 6.08 Å². The molecule has 1 atom stereocenters. The number of benzene rings is 2. The number of urea groups is 1. The fourth-order valence-electron chi connectivity index (χ4n) is 3.18. The number of carbonyl (C=O) groups excluding carboxylic acids is 3. The van der Waals surface area contributed by atoms with Crippen molar-refractivity contribution in [3.8, 4) is 5.75 Å². The first-order chi connectivity index (χ1) is 16.2. The molecular weight excluding hydrogens is 452 g/mol. The number of hydrogen-bond acceptors (Lipinski definition) is 6. The number of amides is 4. The van der Waals surface area contributed by atoms with E-state index in [-0.39, 0.29) is 11.6 Å². The molecule has 0 fully saturated rings. The minimum atomic E-state index is -0.679. The van der Waals surface area contributed by atoms with E-state index in [9.17, 15) is 14.4 Å². The summed E-state index contributed by atoms with van der Waals surface area (Å²) in [6.45, 7) is 5.89. The third-order valence-electron chi connectivity index (χ3n) is 5.16. The van der Waals surface area contributed by atoms with Gasteiger partial charge in [0, 0.05) is 13.1 Å². The minimum absolute atomic E-state index is 0.251. The minimum Gasteiger partial charge on any atom is -0.497 e. The number of nitrogens with one attached hydrogen (secondary N) is 2. The maximum absolute atomic E-state index is 13.4. The summed E-state index contributed by atoms with van der Waals surface area (Å²) in [7, 11) is 2.97. The molecule has 0 bridgehead atoms. The van der Waals surface area contributed by atoms with E-state index in [1.807, 2.05) is 24.3 Å². The van der Waals surface area contributed by atoms with Crippen LogP contribution in [0.3, 0.4) is 0 Å². The van der Waals surface area contributed by atoms with Crippen LogP contribution < -0.4 is 20.3 Å². The van der Waals surface area contributed by atoms with E-state index in [4.69, 9.17) is 4.74 Å². The third kappa shape index (κ3) is 5.85. The van der Waals surface area contributed by atoms with Gasteiger partial charge in [-0.1, -0.05) is 55.9 Å². The molecule has 1 aliphatic rings. The molecule has 1 aliphatic heterocycles. The van der Waals surface area contributed by atoms with Crippen molar-refractivity contribution in [2.24, 2.45) is 4.99 Å². The molecular formula is C25H28N4O4S. The summed E-state index contributed by atoms with van der Waals surface area (Å²) in [5.41, 5.74) is 2.86. The quantitative estimate of drug-likeness (QED) is 0.606. The first kappa shape index (κ1) is 25.0. The zero-order valence-electron chi connectivity index (χ0n) is 19.8. The second-order valence-electron chi connectivity index (χ2n) is 7.92. The van der Waals surface area contributed by atoms with Crippen molar-refractivity contribution in [1.82, 2.24) is 10.6 Å². The third-order valence-corrected chi connectivity index (χ3v) is 6.22. The Morgan fingerprint density at radius 2 is 1.82 bits per heavy atom. The molecule has 9 heteroatoms. The number of anilines is 1. The number of imide groups is 1. The van der Waals surface area contributed by atoms with Crippen molar-refractivity contribution in [3.05, 3.63) is 65.4 Å². The summed E-state index contributed by atoms with van der Waals surface area (Å²) in [5.74, 6) is 0.179. The van der Waals surface area contributed by atoms with Gasteiger partial charge in [0.25, 0.3) is 5.91 Å². The zero-order chi connectivity index (χ0) is 24.8. The summed E-state index contributed by atoms with van der Waals surface area (Å²) in [4.78, 5) is 43.3. The molecule has 1 heterocycles. The van der Waals surface area contributed by atoms with E-state index < -0.39 is 17.2 Å². The van der Waals surface area contributed by atoms with Gasteiger partial charge >= 0.3 is 6.03 Å². The van der Waals surface area contributed by atoms with Gasteiger partial charge in [0.1, 0.15) is 11.4 Å². The van der Waals surface area contributed by atoms with Crippen molar-refractivity contribution in [3.63, 3.8) is 0 Å². The normalized spacial score (nSPS) is 15.4. The number of aliphatic imine (C=N–C) groups is 1. The van der Waals surface area contributed by atoms with Crippen LogP contribution in [0, 0.1) is 0 Å². The van der Waals surface area contributed by atoms with Gasteiger partial charge < -0.3 is 10.1 Å². The van der Waals surface area contributed by atoms with Gasteiger partial charge in [-0.15, -0.1) is 0 Å². The molecule has 2 N–H and O–H groups in total. The van der Waals surface area contributed by atoms with Crippen molar-refractivity contribution >= 4 is 46.5 Å². The summed E-state index contributed by atoms with van der Waals surface area (Å²) in [6, 6.07) is 14.4. The van der Waals surface area contributed by atoms with Gasteiger partial charge in [0.2, 0.25) is 5.91 Å². The fraction of sp³-hybridized carbons (Fsp3) is 0.280. The molecule has 178 valence electrons. The second kappa shape index (κ2) is 11.0. The number of hydrogen-bond donors (Lipinski definition) is 2. The molecule has 0 unspecified atom stereocenters. The topological polar surface area (TPSA) is 100 Å². The Kier molecular flexibility index (Phi) is 8.12. The molecule has 0 saturated heterocycles. The van der Waals surface area contributed by atoms with Crippen LogP contribution in [-0.4, -0.2) is 42.4 Å². The summed E-state index contributed by atoms with van der Waals surface area (Å²) >= 11 is 1.09. The van der Waals surface area contributed by atoms with Gasteiger partial charge in [-0.25, -0.2) is 9.79 Å². The Labute approximate surface area is 203 Å². The molecule has 0 spiro atoms. The van der Waals surface area contributed by atoms with E-state index >= 15 is 0 Å². The largest absolute Gasteiger partial charge is 0.497 e. The van der Waals surface area contributed by atoms with E-state index in [0.717, 1.165) is 17.3 Å².